The highest BCUT2D eigenvalue weighted by molar-refractivity contribution is 6.31. The van der Waals surface area contributed by atoms with Crippen LogP contribution >= 0.6 is 11.6 Å². The molecule has 0 bridgehead atoms. The van der Waals surface area contributed by atoms with Crippen LogP contribution in [0.2, 0.25) is 5.02 Å². The highest BCUT2D eigenvalue weighted by atomic mass is 35.5. The van der Waals surface area contributed by atoms with E-state index < -0.39 is 0 Å². The van der Waals surface area contributed by atoms with Gasteiger partial charge in [0.1, 0.15) is 0 Å². The van der Waals surface area contributed by atoms with E-state index in [1.807, 2.05) is 29.2 Å². The molecule has 1 unspecified atom stereocenters. The average molecular weight is 268 g/mol. The molecule has 3 nitrogen and oxygen atoms in total. The second-order valence-corrected chi connectivity index (χ2v) is 5.04. The monoisotopic (exact) mass is 267 g/mol. The Morgan fingerprint density at radius 2 is 2.28 bits per heavy atom. The van der Waals surface area contributed by atoms with Crippen LogP contribution < -0.4 is 0 Å². The Morgan fingerprint density at radius 3 is 3.00 bits per heavy atom. The van der Waals surface area contributed by atoms with Crippen LogP contribution in [0.15, 0.2) is 24.3 Å². The van der Waals surface area contributed by atoms with E-state index in [2.05, 4.69) is 0 Å². The standard InChI is InChI=1S/C14H18ClNO2/c1-11(17)16-8-4-6-13(9-16)18-10-12-5-2-3-7-14(12)15/h2-3,5,7,13H,4,6,8-10H2,1H3. The number of benzene rings is 1. The maximum Gasteiger partial charge on any atom is 0.219 e. The maximum atomic E-state index is 11.3. The summed E-state index contributed by atoms with van der Waals surface area (Å²) in [5.41, 5.74) is 0.999. The Bertz CT molecular complexity index is 422. The van der Waals surface area contributed by atoms with Gasteiger partial charge in [0.05, 0.1) is 12.7 Å². The molecule has 1 heterocycles. The molecule has 1 amide bonds. The molecule has 0 saturated carbocycles. The zero-order valence-corrected chi connectivity index (χ0v) is 11.3. The summed E-state index contributed by atoms with van der Waals surface area (Å²) >= 11 is 6.08. The van der Waals surface area contributed by atoms with Crippen LogP contribution in [0.25, 0.3) is 0 Å². The van der Waals surface area contributed by atoms with E-state index in [0.29, 0.717) is 13.2 Å². The third kappa shape index (κ3) is 3.47. The van der Waals surface area contributed by atoms with Gasteiger partial charge >= 0.3 is 0 Å². The van der Waals surface area contributed by atoms with Crippen molar-refractivity contribution in [2.45, 2.75) is 32.5 Å². The topological polar surface area (TPSA) is 29.5 Å². The molecule has 1 saturated heterocycles. The van der Waals surface area contributed by atoms with Gasteiger partial charge in [-0.25, -0.2) is 0 Å². The predicted molar refractivity (Wildman–Crippen MR) is 71.5 cm³/mol. The summed E-state index contributed by atoms with van der Waals surface area (Å²) < 4.78 is 5.85. The van der Waals surface area contributed by atoms with E-state index >= 15 is 0 Å². The molecule has 0 aromatic heterocycles. The largest absolute Gasteiger partial charge is 0.372 e. The number of hydrogen-bond acceptors (Lipinski definition) is 2. The third-order valence-corrected chi connectivity index (χ3v) is 3.62. The lowest BCUT2D eigenvalue weighted by Gasteiger charge is -2.32. The van der Waals surface area contributed by atoms with Crippen molar-refractivity contribution >= 4 is 17.5 Å². The van der Waals surface area contributed by atoms with Crippen LogP contribution in [-0.2, 0) is 16.1 Å². The van der Waals surface area contributed by atoms with Gasteiger partial charge in [0.25, 0.3) is 0 Å². The van der Waals surface area contributed by atoms with Crippen LogP contribution in [-0.4, -0.2) is 30.0 Å². The van der Waals surface area contributed by atoms with Gasteiger partial charge in [0, 0.05) is 25.0 Å². The number of likely N-dealkylation sites (tertiary alicyclic amines) is 1. The number of rotatable bonds is 3. The van der Waals surface area contributed by atoms with Gasteiger partial charge in [0.15, 0.2) is 0 Å². The van der Waals surface area contributed by atoms with Crippen molar-refractivity contribution in [2.75, 3.05) is 13.1 Å². The van der Waals surface area contributed by atoms with Crippen molar-refractivity contribution in [3.63, 3.8) is 0 Å². The Balaban J connectivity index is 1.87. The highest BCUT2D eigenvalue weighted by Gasteiger charge is 2.22. The molecule has 1 aliphatic heterocycles. The van der Waals surface area contributed by atoms with E-state index in [4.69, 9.17) is 16.3 Å². The normalized spacial score (nSPS) is 19.9. The number of amides is 1. The Labute approximate surface area is 113 Å². The summed E-state index contributed by atoms with van der Waals surface area (Å²) in [4.78, 5) is 13.2. The minimum Gasteiger partial charge on any atom is -0.372 e. The maximum absolute atomic E-state index is 11.3. The van der Waals surface area contributed by atoms with Gasteiger partial charge in [-0.2, -0.15) is 0 Å². The lowest BCUT2D eigenvalue weighted by Crippen LogP contribution is -2.42. The van der Waals surface area contributed by atoms with E-state index in [-0.39, 0.29) is 12.0 Å². The van der Waals surface area contributed by atoms with Gasteiger partial charge in [-0.3, -0.25) is 4.79 Å². The van der Waals surface area contributed by atoms with E-state index in [1.54, 1.807) is 6.92 Å². The quantitative estimate of drug-likeness (QED) is 0.843. The van der Waals surface area contributed by atoms with Crippen molar-refractivity contribution < 1.29 is 9.53 Å². The summed E-state index contributed by atoms with van der Waals surface area (Å²) in [7, 11) is 0. The fourth-order valence-corrected chi connectivity index (χ4v) is 2.37. The number of carbonyl (C=O) groups excluding carboxylic acids is 1. The Kier molecular flexibility index (Phi) is 4.61. The molecule has 1 aliphatic rings. The first-order valence-electron chi connectivity index (χ1n) is 6.27. The molecule has 1 aromatic rings. The highest BCUT2D eigenvalue weighted by Crippen LogP contribution is 2.19. The van der Waals surface area contributed by atoms with Crippen molar-refractivity contribution in [3.8, 4) is 0 Å². The number of halogens is 1. The van der Waals surface area contributed by atoms with E-state index in [0.717, 1.165) is 30.0 Å². The van der Waals surface area contributed by atoms with Crippen LogP contribution in [0.4, 0.5) is 0 Å². The summed E-state index contributed by atoms with van der Waals surface area (Å²) in [5.74, 6) is 0.126. The molecular weight excluding hydrogens is 250 g/mol. The summed E-state index contributed by atoms with van der Waals surface area (Å²) in [6.45, 7) is 3.66. The van der Waals surface area contributed by atoms with Gasteiger partial charge in [-0.1, -0.05) is 29.8 Å². The van der Waals surface area contributed by atoms with Crippen LogP contribution in [0.3, 0.4) is 0 Å². The molecule has 4 heteroatoms. The molecule has 1 aromatic carbocycles. The molecular formula is C14H18ClNO2. The second kappa shape index (κ2) is 6.21. The fraction of sp³-hybridized carbons (Fsp3) is 0.500. The zero-order chi connectivity index (χ0) is 13.0. The first kappa shape index (κ1) is 13.4. The number of hydrogen-bond donors (Lipinski definition) is 0. The van der Waals surface area contributed by atoms with E-state index in [9.17, 15) is 4.79 Å². The lowest BCUT2D eigenvalue weighted by molar-refractivity contribution is -0.133. The number of nitrogens with zero attached hydrogens (tertiary/aromatic N) is 1. The molecule has 0 aliphatic carbocycles. The number of carbonyl (C=O) groups is 1. The SMILES string of the molecule is CC(=O)N1CCCC(OCc2ccccc2Cl)C1. The fourth-order valence-electron chi connectivity index (χ4n) is 2.18. The number of ether oxygens (including phenoxy) is 1. The molecule has 1 atom stereocenters. The average Bonchev–Trinajstić information content (AvgIpc) is 2.38. The minimum atomic E-state index is 0.124. The predicted octanol–water partition coefficient (Wildman–Crippen LogP) is 2.87. The van der Waals surface area contributed by atoms with Gasteiger partial charge in [-0.05, 0) is 24.5 Å². The molecule has 98 valence electrons. The van der Waals surface area contributed by atoms with Crippen LogP contribution in [0.5, 0.6) is 0 Å². The Morgan fingerprint density at radius 1 is 1.50 bits per heavy atom. The zero-order valence-electron chi connectivity index (χ0n) is 10.6. The van der Waals surface area contributed by atoms with Crippen molar-refractivity contribution in [3.05, 3.63) is 34.9 Å². The first-order chi connectivity index (χ1) is 8.66. The van der Waals surface area contributed by atoms with Crippen molar-refractivity contribution in [1.29, 1.82) is 0 Å². The van der Waals surface area contributed by atoms with Gasteiger partial charge in [0.2, 0.25) is 5.91 Å². The smallest absolute Gasteiger partial charge is 0.219 e. The van der Waals surface area contributed by atoms with Gasteiger partial charge in [-0.15, -0.1) is 0 Å². The molecule has 1 fully saturated rings. The lowest BCUT2D eigenvalue weighted by atomic mass is 10.1. The Hall–Kier alpha value is -1.06. The molecule has 2 rings (SSSR count). The van der Waals surface area contributed by atoms with Crippen LogP contribution in [0.1, 0.15) is 25.3 Å². The van der Waals surface area contributed by atoms with Crippen LogP contribution in [0, 0.1) is 0 Å². The van der Waals surface area contributed by atoms with Gasteiger partial charge < -0.3 is 9.64 Å². The van der Waals surface area contributed by atoms with Crippen molar-refractivity contribution in [1.82, 2.24) is 4.90 Å². The molecule has 0 N–H and O–H groups in total. The summed E-state index contributed by atoms with van der Waals surface area (Å²) in [6.07, 6.45) is 2.14. The second-order valence-electron chi connectivity index (χ2n) is 4.63. The summed E-state index contributed by atoms with van der Waals surface area (Å²) in [5, 5.41) is 0.733. The molecule has 18 heavy (non-hydrogen) atoms. The summed E-state index contributed by atoms with van der Waals surface area (Å²) in [6, 6.07) is 7.69. The first-order valence-corrected chi connectivity index (χ1v) is 6.65. The molecule has 0 radical (unpaired) electrons. The van der Waals surface area contributed by atoms with Crippen molar-refractivity contribution in [2.24, 2.45) is 0 Å². The van der Waals surface area contributed by atoms with E-state index in [1.165, 1.54) is 0 Å². The minimum absolute atomic E-state index is 0.124. The number of piperidine rings is 1. The third-order valence-electron chi connectivity index (χ3n) is 3.26. The molecule has 0 spiro atoms.